The van der Waals surface area contributed by atoms with E-state index < -0.39 is 0 Å². The molecule has 8 heteroatoms. The van der Waals surface area contributed by atoms with Gasteiger partial charge in [0.15, 0.2) is 5.65 Å². The van der Waals surface area contributed by atoms with E-state index in [9.17, 15) is 9.18 Å². The first-order valence-corrected chi connectivity index (χ1v) is 12.9. The maximum atomic E-state index is 13.3. The lowest BCUT2D eigenvalue weighted by atomic mass is 9.96. The number of rotatable bonds is 7. The zero-order valence-electron chi connectivity index (χ0n) is 20.7. The maximum Gasteiger partial charge on any atom is 0.223 e. The van der Waals surface area contributed by atoms with Gasteiger partial charge in [-0.2, -0.15) is 9.61 Å². The van der Waals surface area contributed by atoms with Crippen LogP contribution in [0, 0.1) is 18.7 Å². The molecule has 1 amide bonds. The van der Waals surface area contributed by atoms with E-state index in [-0.39, 0.29) is 17.6 Å². The van der Waals surface area contributed by atoms with Crippen molar-refractivity contribution in [3.8, 4) is 11.3 Å². The third-order valence-corrected chi connectivity index (χ3v) is 7.49. The van der Waals surface area contributed by atoms with Gasteiger partial charge < -0.3 is 15.1 Å². The van der Waals surface area contributed by atoms with Gasteiger partial charge in [0.05, 0.1) is 5.69 Å². The predicted octanol–water partition coefficient (Wildman–Crippen LogP) is 4.05. The minimum Gasteiger partial charge on any atom is -0.356 e. The number of hydrogen-bond acceptors (Lipinski definition) is 5. The van der Waals surface area contributed by atoms with Crippen molar-refractivity contribution >= 4 is 17.4 Å². The first-order valence-electron chi connectivity index (χ1n) is 12.9. The molecule has 0 unspecified atom stereocenters. The van der Waals surface area contributed by atoms with E-state index in [0.29, 0.717) is 6.04 Å². The molecule has 186 valence electrons. The summed E-state index contributed by atoms with van der Waals surface area (Å²) in [4.78, 5) is 22.3. The summed E-state index contributed by atoms with van der Waals surface area (Å²) >= 11 is 0. The lowest BCUT2D eigenvalue weighted by molar-refractivity contribution is -0.125. The Balaban J connectivity index is 1.21. The summed E-state index contributed by atoms with van der Waals surface area (Å²) in [5.41, 5.74) is 3.31. The molecule has 2 saturated heterocycles. The first-order chi connectivity index (χ1) is 17.0. The molecule has 7 nitrogen and oxygen atoms in total. The highest BCUT2D eigenvalue weighted by atomic mass is 19.1. The number of nitrogens with one attached hydrogen (secondary N) is 1. The molecule has 35 heavy (non-hydrogen) atoms. The van der Waals surface area contributed by atoms with E-state index in [1.54, 1.807) is 12.1 Å². The molecule has 1 N–H and O–H groups in total. The number of piperidine rings is 1. The highest BCUT2D eigenvalue weighted by molar-refractivity contribution is 5.79. The summed E-state index contributed by atoms with van der Waals surface area (Å²) < 4.78 is 15.2. The topological polar surface area (TPSA) is 65.8 Å². The fourth-order valence-electron chi connectivity index (χ4n) is 5.35. The summed E-state index contributed by atoms with van der Waals surface area (Å²) in [6.07, 6.45) is 5.24. The molecule has 3 aromatic rings. The lowest BCUT2D eigenvalue weighted by Crippen LogP contribution is -2.42. The number of carbonyl (C=O) groups excluding carboxylic acids is 1. The molecule has 0 spiro atoms. The molecule has 2 aliphatic rings. The van der Waals surface area contributed by atoms with Crippen LogP contribution in [0.1, 0.15) is 44.7 Å². The third kappa shape index (κ3) is 5.32. The molecular weight excluding hydrogens is 443 g/mol. The number of aryl methyl sites for hydroxylation is 1. The van der Waals surface area contributed by atoms with Crippen molar-refractivity contribution in [2.75, 3.05) is 37.6 Å². The number of amides is 1. The average Bonchev–Trinajstić information content (AvgIpc) is 3.54. The normalized spacial score (nSPS) is 18.3. The number of nitrogens with zero attached hydrogens (tertiary/aromatic N) is 5. The van der Waals surface area contributed by atoms with Crippen molar-refractivity contribution < 1.29 is 9.18 Å². The average molecular weight is 479 g/mol. The fraction of sp³-hybridized carbons (Fsp3) is 0.519. The van der Waals surface area contributed by atoms with E-state index in [1.807, 2.05) is 17.5 Å². The second kappa shape index (κ2) is 10.3. The van der Waals surface area contributed by atoms with Crippen LogP contribution in [0.4, 0.5) is 10.2 Å². The number of fused-ring (bicyclic) bond motifs is 1. The summed E-state index contributed by atoms with van der Waals surface area (Å²) in [5.74, 6) is 0.963. The van der Waals surface area contributed by atoms with Gasteiger partial charge in [0, 0.05) is 55.0 Å². The molecule has 0 bridgehead atoms. The molecule has 2 aliphatic heterocycles. The molecule has 1 atom stereocenters. The highest BCUT2D eigenvalue weighted by Crippen LogP contribution is 2.27. The lowest BCUT2D eigenvalue weighted by Gasteiger charge is -2.33. The SMILES string of the molecule is Cc1cc(N2CCC(C(=O)NCC[C@H](C)N3CCCC3)CC2)n2nc(-c3ccc(F)cc3)cc2n1. The Bertz CT molecular complexity index is 1160. The molecule has 5 rings (SSSR count). The molecule has 0 aliphatic carbocycles. The van der Waals surface area contributed by atoms with Crippen molar-refractivity contribution in [1.82, 2.24) is 24.8 Å². The Morgan fingerprint density at radius 2 is 1.83 bits per heavy atom. The van der Waals surface area contributed by atoms with Gasteiger partial charge in [-0.3, -0.25) is 4.79 Å². The van der Waals surface area contributed by atoms with Crippen LogP contribution in [0.15, 0.2) is 36.4 Å². The van der Waals surface area contributed by atoms with Crippen LogP contribution in [0.25, 0.3) is 16.9 Å². The van der Waals surface area contributed by atoms with Gasteiger partial charge in [-0.25, -0.2) is 9.37 Å². The highest BCUT2D eigenvalue weighted by Gasteiger charge is 2.27. The van der Waals surface area contributed by atoms with E-state index in [0.717, 1.165) is 67.3 Å². The van der Waals surface area contributed by atoms with Gasteiger partial charge in [0.25, 0.3) is 0 Å². The zero-order chi connectivity index (χ0) is 24.4. The number of likely N-dealkylation sites (tertiary alicyclic amines) is 1. The van der Waals surface area contributed by atoms with Gasteiger partial charge in [0.2, 0.25) is 5.91 Å². The summed E-state index contributed by atoms with van der Waals surface area (Å²) in [6.45, 7) is 8.98. The fourth-order valence-corrected chi connectivity index (χ4v) is 5.35. The predicted molar refractivity (Wildman–Crippen MR) is 136 cm³/mol. The van der Waals surface area contributed by atoms with Crippen LogP contribution in [0.3, 0.4) is 0 Å². The van der Waals surface area contributed by atoms with Crippen LogP contribution in [-0.4, -0.2) is 64.2 Å². The minimum atomic E-state index is -0.264. The Kier molecular flexibility index (Phi) is 7.00. The largest absolute Gasteiger partial charge is 0.356 e. The first kappa shape index (κ1) is 23.7. The molecule has 1 aromatic carbocycles. The number of benzene rings is 1. The number of aromatic nitrogens is 3. The number of hydrogen-bond donors (Lipinski definition) is 1. The van der Waals surface area contributed by atoms with Gasteiger partial charge in [-0.15, -0.1) is 0 Å². The molecule has 0 saturated carbocycles. The van der Waals surface area contributed by atoms with Crippen molar-refractivity contribution in [3.63, 3.8) is 0 Å². The van der Waals surface area contributed by atoms with E-state index in [2.05, 4.69) is 33.1 Å². The minimum absolute atomic E-state index is 0.0548. The number of halogens is 1. The van der Waals surface area contributed by atoms with Crippen molar-refractivity contribution in [1.29, 1.82) is 0 Å². The van der Waals surface area contributed by atoms with Crippen LogP contribution in [-0.2, 0) is 4.79 Å². The summed E-state index contributed by atoms with van der Waals surface area (Å²) in [7, 11) is 0. The van der Waals surface area contributed by atoms with Gasteiger partial charge >= 0.3 is 0 Å². The van der Waals surface area contributed by atoms with Gasteiger partial charge in [-0.1, -0.05) is 0 Å². The van der Waals surface area contributed by atoms with E-state index in [1.165, 1.54) is 38.1 Å². The van der Waals surface area contributed by atoms with E-state index in [4.69, 9.17) is 5.10 Å². The van der Waals surface area contributed by atoms with Crippen molar-refractivity contribution in [3.05, 3.63) is 47.9 Å². The summed E-state index contributed by atoms with van der Waals surface area (Å²) in [5, 5.41) is 7.97. The third-order valence-electron chi connectivity index (χ3n) is 7.49. The quantitative estimate of drug-likeness (QED) is 0.555. The Labute approximate surface area is 206 Å². The second-order valence-corrected chi connectivity index (χ2v) is 10.00. The molecule has 2 fully saturated rings. The van der Waals surface area contributed by atoms with Crippen LogP contribution < -0.4 is 10.2 Å². The van der Waals surface area contributed by atoms with Crippen molar-refractivity contribution in [2.45, 2.75) is 52.0 Å². The Morgan fingerprint density at radius 3 is 2.54 bits per heavy atom. The van der Waals surface area contributed by atoms with Crippen LogP contribution >= 0.6 is 0 Å². The van der Waals surface area contributed by atoms with Crippen LogP contribution in [0.5, 0.6) is 0 Å². The van der Waals surface area contributed by atoms with Gasteiger partial charge in [-0.05, 0) is 83.3 Å². The summed E-state index contributed by atoms with van der Waals surface area (Å²) in [6, 6.07) is 10.9. The molecular formula is C27H35FN6O. The maximum absolute atomic E-state index is 13.3. The molecule has 4 heterocycles. The van der Waals surface area contributed by atoms with Gasteiger partial charge in [0.1, 0.15) is 11.6 Å². The monoisotopic (exact) mass is 478 g/mol. The van der Waals surface area contributed by atoms with Crippen molar-refractivity contribution in [2.24, 2.45) is 5.92 Å². The van der Waals surface area contributed by atoms with Crippen LogP contribution in [0.2, 0.25) is 0 Å². The smallest absolute Gasteiger partial charge is 0.223 e. The number of carbonyl (C=O) groups is 1. The Morgan fingerprint density at radius 1 is 1.11 bits per heavy atom. The Hall–Kier alpha value is -3.00. The zero-order valence-corrected chi connectivity index (χ0v) is 20.7. The number of anilines is 1. The second-order valence-electron chi connectivity index (χ2n) is 10.00. The standard InChI is InChI=1S/C27H35FN6O/c1-19-17-26(34-25(30-19)18-24(31-34)21-5-7-23(28)8-6-21)33-15-10-22(11-16-33)27(35)29-12-9-20(2)32-13-3-4-14-32/h5-8,17-18,20,22H,3-4,9-16H2,1-2H3,(H,29,35)/t20-/m0/s1. The van der Waals surface area contributed by atoms with E-state index >= 15 is 0 Å². The molecule has 0 radical (unpaired) electrons. The molecule has 2 aromatic heterocycles.